The Kier molecular flexibility index (Phi) is 22.2. The summed E-state index contributed by atoms with van der Waals surface area (Å²) in [4.78, 5) is 60.1. The molecule has 0 heterocycles. The summed E-state index contributed by atoms with van der Waals surface area (Å²) in [6, 6.07) is 4.59. The fraction of sp³-hybridized carbons (Fsp3) is 0.645. The summed E-state index contributed by atoms with van der Waals surface area (Å²) >= 11 is 0. The van der Waals surface area contributed by atoms with Gasteiger partial charge in [0.15, 0.2) is 0 Å². The zero-order valence-corrected chi connectivity index (χ0v) is 26.5. The van der Waals surface area contributed by atoms with Gasteiger partial charge in [-0.3, -0.25) is 34.2 Å². The predicted octanol–water partition coefficient (Wildman–Crippen LogP) is 1.65. The number of unbranched alkanes of at least 4 members (excludes halogenated alkanes) is 2. The standard InChI is InChI=1S/C31H51N5O8/c1-4-9-29(31(41)34-24-38)36(3)22-27-26(23-37)10-8-11-28(27)35-30(40)12-6-5-7-13-32-14-16-42-18-20-44-21-19-43-17-15-33-25(2)39/h8,10-11,23-24,29,32H,4-7,9,12-22H2,1-3H3,(H,33,39)(H,35,40)(H,34,38,41). The number of rotatable bonds is 27. The summed E-state index contributed by atoms with van der Waals surface area (Å²) in [5.74, 6) is -0.612. The zero-order chi connectivity index (χ0) is 32.4. The number of ether oxygens (including phenoxy) is 3. The molecular formula is C31H51N5O8. The lowest BCUT2D eigenvalue weighted by Gasteiger charge is -2.27. The number of carbonyl (C=O) groups is 5. The van der Waals surface area contributed by atoms with Gasteiger partial charge in [0, 0.05) is 49.8 Å². The lowest BCUT2D eigenvalue weighted by Crippen LogP contribution is -2.44. The number of nitrogens with zero attached hydrogens (tertiary/aromatic N) is 1. The van der Waals surface area contributed by atoms with E-state index >= 15 is 0 Å². The quantitative estimate of drug-likeness (QED) is 0.0839. The monoisotopic (exact) mass is 621 g/mol. The molecule has 13 heteroatoms. The van der Waals surface area contributed by atoms with Crippen molar-refractivity contribution >= 4 is 36.1 Å². The van der Waals surface area contributed by atoms with Gasteiger partial charge in [-0.15, -0.1) is 0 Å². The number of amides is 4. The maximum Gasteiger partial charge on any atom is 0.243 e. The molecule has 0 radical (unpaired) electrons. The van der Waals surface area contributed by atoms with E-state index in [4.69, 9.17) is 14.2 Å². The molecule has 1 atom stereocenters. The molecule has 1 unspecified atom stereocenters. The number of likely N-dealkylation sites (N-methyl/N-ethyl adjacent to an activating group) is 1. The van der Waals surface area contributed by atoms with Gasteiger partial charge in [-0.2, -0.15) is 0 Å². The van der Waals surface area contributed by atoms with Gasteiger partial charge in [-0.1, -0.05) is 31.9 Å². The summed E-state index contributed by atoms with van der Waals surface area (Å²) < 4.78 is 16.3. The highest BCUT2D eigenvalue weighted by Crippen LogP contribution is 2.23. The van der Waals surface area contributed by atoms with Gasteiger partial charge in [-0.25, -0.2) is 0 Å². The van der Waals surface area contributed by atoms with Crippen molar-refractivity contribution in [2.24, 2.45) is 0 Å². The van der Waals surface area contributed by atoms with E-state index in [-0.39, 0.29) is 18.4 Å². The van der Waals surface area contributed by atoms with E-state index in [9.17, 15) is 24.0 Å². The molecule has 1 aromatic carbocycles. The normalized spacial score (nSPS) is 11.6. The van der Waals surface area contributed by atoms with E-state index in [1.807, 2.05) is 6.92 Å². The molecule has 0 bridgehead atoms. The van der Waals surface area contributed by atoms with Crippen molar-refractivity contribution in [1.82, 2.24) is 20.9 Å². The average Bonchev–Trinajstić information content (AvgIpc) is 2.99. The molecule has 0 aliphatic rings. The summed E-state index contributed by atoms with van der Waals surface area (Å²) in [5.41, 5.74) is 1.60. The van der Waals surface area contributed by atoms with Crippen LogP contribution in [0.25, 0.3) is 0 Å². The number of hydrogen-bond donors (Lipinski definition) is 4. The van der Waals surface area contributed by atoms with E-state index in [1.165, 1.54) is 6.92 Å². The Bertz CT molecular complexity index is 994. The number of nitrogens with one attached hydrogen (secondary N) is 4. The molecular weight excluding hydrogens is 570 g/mol. The molecule has 0 aliphatic heterocycles. The van der Waals surface area contributed by atoms with E-state index in [2.05, 4.69) is 21.3 Å². The molecule has 0 fully saturated rings. The minimum atomic E-state index is -0.549. The van der Waals surface area contributed by atoms with Gasteiger partial charge in [0.25, 0.3) is 0 Å². The van der Waals surface area contributed by atoms with Crippen LogP contribution >= 0.6 is 0 Å². The molecule has 4 N–H and O–H groups in total. The number of hydrogen-bond acceptors (Lipinski definition) is 10. The van der Waals surface area contributed by atoms with Crippen LogP contribution < -0.4 is 21.3 Å². The van der Waals surface area contributed by atoms with Gasteiger partial charge >= 0.3 is 0 Å². The molecule has 0 aliphatic carbocycles. The molecule has 0 saturated heterocycles. The minimum absolute atomic E-state index is 0.0725. The Hall–Kier alpha value is -3.23. The molecule has 44 heavy (non-hydrogen) atoms. The Balaban J connectivity index is 2.24. The van der Waals surface area contributed by atoms with Crippen molar-refractivity contribution in [3.05, 3.63) is 29.3 Å². The Morgan fingerprint density at radius 3 is 2.23 bits per heavy atom. The van der Waals surface area contributed by atoms with E-state index in [0.717, 1.165) is 45.1 Å². The van der Waals surface area contributed by atoms with Gasteiger partial charge in [0.2, 0.25) is 24.1 Å². The zero-order valence-electron chi connectivity index (χ0n) is 26.5. The molecule has 1 aromatic rings. The third-order valence-electron chi connectivity index (χ3n) is 6.66. The van der Waals surface area contributed by atoms with Crippen LogP contribution in [-0.4, -0.2) is 108 Å². The Labute approximate surface area is 261 Å². The van der Waals surface area contributed by atoms with Crippen LogP contribution in [0.15, 0.2) is 18.2 Å². The summed E-state index contributed by atoms with van der Waals surface area (Å²) in [5, 5.41) is 11.1. The van der Waals surface area contributed by atoms with E-state index < -0.39 is 11.9 Å². The first kappa shape index (κ1) is 38.8. The molecule has 13 nitrogen and oxygen atoms in total. The number of benzene rings is 1. The van der Waals surface area contributed by atoms with Gasteiger partial charge in [-0.05, 0) is 38.9 Å². The fourth-order valence-electron chi connectivity index (χ4n) is 4.38. The van der Waals surface area contributed by atoms with Crippen LogP contribution in [0.5, 0.6) is 0 Å². The van der Waals surface area contributed by atoms with Crippen LogP contribution in [0.3, 0.4) is 0 Å². The molecule has 0 spiro atoms. The third kappa shape index (κ3) is 17.8. The second-order valence-corrected chi connectivity index (χ2v) is 10.3. The SMILES string of the molecule is CCCC(C(=O)NC=O)N(C)Cc1c(C=O)cccc1NC(=O)CCCCCNCCOCCOCCOCCNC(C)=O. The number of imide groups is 1. The molecule has 0 aromatic heterocycles. The highest BCUT2D eigenvalue weighted by Gasteiger charge is 2.24. The highest BCUT2D eigenvalue weighted by atomic mass is 16.5. The van der Waals surface area contributed by atoms with Crippen molar-refractivity contribution in [2.75, 3.05) is 71.6 Å². The van der Waals surface area contributed by atoms with Crippen molar-refractivity contribution in [3.63, 3.8) is 0 Å². The second kappa shape index (κ2) is 25.1. The average molecular weight is 622 g/mol. The number of carbonyl (C=O) groups excluding carboxylic acids is 5. The molecule has 4 amide bonds. The molecule has 1 rings (SSSR count). The van der Waals surface area contributed by atoms with E-state index in [0.29, 0.717) is 82.3 Å². The van der Waals surface area contributed by atoms with Gasteiger partial charge < -0.3 is 30.2 Å². The van der Waals surface area contributed by atoms with Crippen LogP contribution in [0.4, 0.5) is 5.69 Å². The lowest BCUT2D eigenvalue weighted by molar-refractivity contribution is -0.129. The van der Waals surface area contributed by atoms with Crippen molar-refractivity contribution < 1.29 is 38.2 Å². The fourth-order valence-corrected chi connectivity index (χ4v) is 4.38. The first-order valence-corrected chi connectivity index (χ1v) is 15.3. The number of aldehydes is 1. The maximum atomic E-state index is 12.7. The van der Waals surface area contributed by atoms with Crippen LogP contribution in [-0.2, 0) is 39.9 Å². The first-order chi connectivity index (χ1) is 21.3. The Morgan fingerprint density at radius 1 is 0.909 bits per heavy atom. The van der Waals surface area contributed by atoms with Crippen LogP contribution in [0.2, 0.25) is 0 Å². The van der Waals surface area contributed by atoms with Crippen molar-refractivity contribution in [3.8, 4) is 0 Å². The first-order valence-electron chi connectivity index (χ1n) is 15.3. The summed E-state index contributed by atoms with van der Waals surface area (Å²) in [6.45, 7) is 8.70. The highest BCUT2D eigenvalue weighted by molar-refractivity contribution is 5.93. The van der Waals surface area contributed by atoms with Crippen LogP contribution in [0, 0.1) is 0 Å². The summed E-state index contributed by atoms with van der Waals surface area (Å²) in [6.07, 6.45) is 5.28. The van der Waals surface area contributed by atoms with Crippen molar-refractivity contribution in [2.45, 2.75) is 65.0 Å². The van der Waals surface area contributed by atoms with Crippen LogP contribution in [0.1, 0.15) is 68.3 Å². The van der Waals surface area contributed by atoms with Crippen molar-refractivity contribution in [1.29, 1.82) is 0 Å². The third-order valence-corrected chi connectivity index (χ3v) is 6.66. The Morgan fingerprint density at radius 2 is 1.59 bits per heavy atom. The molecule has 0 saturated carbocycles. The lowest BCUT2D eigenvalue weighted by atomic mass is 10.0. The predicted molar refractivity (Wildman–Crippen MR) is 167 cm³/mol. The smallest absolute Gasteiger partial charge is 0.243 e. The second-order valence-electron chi connectivity index (χ2n) is 10.3. The minimum Gasteiger partial charge on any atom is -0.378 e. The topological polar surface area (TPSA) is 164 Å². The summed E-state index contributed by atoms with van der Waals surface area (Å²) in [7, 11) is 1.76. The maximum absolute atomic E-state index is 12.7. The van der Waals surface area contributed by atoms with Gasteiger partial charge in [0.05, 0.1) is 45.7 Å². The largest absolute Gasteiger partial charge is 0.378 e. The van der Waals surface area contributed by atoms with Gasteiger partial charge in [0.1, 0.15) is 6.29 Å². The number of anilines is 1. The van der Waals surface area contributed by atoms with E-state index in [1.54, 1.807) is 30.1 Å². The molecule has 248 valence electrons.